The summed E-state index contributed by atoms with van der Waals surface area (Å²) in [6.45, 7) is 0. The molecule has 0 spiro atoms. The van der Waals surface area contributed by atoms with Crippen LogP contribution in [0.2, 0.25) is 0 Å². The molecule has 152 valence electrons. The van der Waals surface area contributed by atoms with Crippen LogP contribution in [0.25, 0.3) is 10.2 Å². The summed E-state index contributed by atoms with van der Waals surface area (Å²) in [6.07, 6.45) is 0. The summed E-state index contributed by atoms with van der Waals surface area (Å²) in [5, 5.41) is 19.1. The van der Waals surface area contributed by atoms with E-state index in [9.17, 15) is 18.3 Å². The summed E-state index contributed by atoms with van der Waals surface area (Å²) in [6, 6.07) is 16.9. The molecule has 0 saturated heterocycles. The highest BCUT2D eigenvalue weighted by Gasteiger charge is 2.17. The van der Waals surface area contributed by atoms with Crippen molar-refractivity contribution >= 4 is 55.0 Å². The van der Waals surface area contributed by atoms with Gasteiger partial charge in [-0.3, -0.25) is 4.72 Å². The van der Waals surface area contributed by atoms with E-state index in [1.54, 1.807) is 0 Å². The van der Waals surface area contributed by atoms with Crippen LogP contribution in [0.1, 0.15) is 10.4 Å². The molecule has 3 N–H and O–H groups in total. The SMILES string of the molecule is O=C(O)c1ccc(S(=O)(=O)Nc2ccc(O)c(Sc3nc4ccccc4s3)c2)cc1. The number of thiazole rings is 1. The van der Waals surface area contributed by atoms with Crippen LogP contribution >= 0.6 is 23.1 Å². The van der Waals surface area contributed by atoms with Gasteiger partial charge in [-0.1, -0.05) is 23.9 Å². The number of aromatic carboxylic acids is 1. The Balaban J connectivity index is 1.58. The normalized spacial score (nSPS) is 11.5. The van der Waals surface area contributed by atoms with E-state index in [1.165, 1.54) is 65.6 Å². The number of phenolic OH excluding ortho intramolecular Hbond substituents is 1. The molecule has 4 aromatic rings. The Kier molecular flexibility index (Phi) is 5.37. The van der Waals surface area contributed by atoms with Gasteiger partial charge in [0, 0.05) is 0 Å². The molecule has 0 aliphatic carbocycles. The maximum Gasteiger partial charge on any atom is 0.335 e. The fourth-order valence-corrected chi connectivity index (χ4v) is 5.78. The first-order valence-corrected chi connectivity index (χ1v) is 11.7. The van der Waals surface area contributed by atoms with Crippen molar-refractivity contribution in [1.29, 1.82) is 0 Å². The smallest absolute Gasteiger partial charge is 0.335 e. The molecular weight excluding hydrogens is 444 g/mol. The van der Waals surface area contributed by atoms with Gasteiger partial charge in [0.2, 0.25) is 0 Å². The van der Waals surface area contributed by atoms with Gasteiger partial charge in [-0.15, -0.1) is 11.3 Å². The van der Waals surface area contributed by atoms with Gasteiger partial charge in [0.15, 0.2) is 4.34 Å². The van der Waals surface area contributed by atoms with Crippen LogP contribution in [0.15, 0.2) is 80.9 Å². The second-order valence-electron chi connectivity index (χ2n) is 6.17. The quantitative estimate of drug-likeness (QED) is 0.360. The zero-order valence-corrected chi connectivity index (χ0v) is 17.6. The third-order valence-electron chi connectivity index (χ3n) is 4.10. The second kappa shape index (κ2) is 7.98. The molecular formula is C20H14N2O5S3. The molecule has 1 heterocycles. The van der Waals surface area contributed by atoms with Gasteiger partial charge >= 0.3 is 5.97 Å². The highest BCUT2D eigenvalue weighted by molar-refractivity contribution is 8.01. The summed E-state index contributed by atoms with van der Waals surface area (Å²) in [5.74, 6) is -1.13. The number of para-hydroxylation sites is 1. The van der Waals surface area contributed by atoms with E-state index in [0.29, 0.717) is 4.90 Å². The fourth-order valence-electron chi connectivity index (χ4n) is 2.64. The van der Waals surface area contributed by atoms with E-state index in [4.69, 9.17) is 5.11 Å². The summed E-state index contributed by atoms with van der Waals surface area (Å²) >= 11 is 2.71. The number of aromatic nitrogens is 1. The molecule has 7 nitrogen and oxygen atoms in total. The maximum absolute atomic E-state index is 12.6. The fraction of sp³-hybridized carbons (Fsp3) is 0. The van der Waals surface area contributed by atoms with Gasteiger partial charge in [0.05, 0.1) is 31.3 Å². The maximum atomic E-state index is 12.6. The number of nitrogens with one attached hydrogen (secondary N) is 1. The molecule has 0 atom stereocenters. The summed E-state index contributed by atoms with van der Waals surface area (Å²) < 4.78 is 29.4. The molecule has 3 aromatic carbocycles. The Hall–Kier alpha value is -3.08. The lowest BCUT2D eigenvalue weighted by Crippen LogP contribution is -2.13. The lowest BCUT2D eigenvalue weighted by molar-refractivity contribution is 0.0696. The monoisotopic (exact) mass is 458 g/mol. The number of fused-ring (bicyclic) bond motifs is 1. The van der Waals surface area contributed by atoms with Gasteiger partial charge < -0.3 is 10.2 Å². The van der Waals surface area contributed by atoms with E-state index in [2.05, 4.69) is 9.71 Å². The number of carboxylic acids is 1. The first kappa shape index (κ1) is 20.2. The first-order valence-electron chi connectivity index (χ1n) is 8.54. The lowest BCUT2D eigenvalue weighted by atomic mass is 10.2. The minimum Gasteiger partial charge on any atom is -0.507 e. The molecule has 0 bridgehead atoms. The van der Waals surface area contributed by atoms with Gasteiger partial charge in [0.25, 0.3) is 10.0 Å². The average molecular weight is 459 g/mol. The summed E-state index contributed by atoms with van der Waals surface area (Å²) in [5.41, 5.74) is 1.11. The predicted molar refractivity (Wildman–Crippen MR) is 116 cm³/mol. The largest absolute Gasteiger partial charge is 0.507 e. The number of hydrogen-bond donors (Lipinski definition) is 3. The average Bonchev–Trinajstić information content (AvgIpc) is 3.13. The van der Waals surface area contributed by atoms with Crippen molar-refractivity contribution in [2.75, 3.05) is 4.72 Å². The van der Waals surface area contributed by atoms with Gasteiger partial charge in [0.1, 0.15) is 5.75 Å². The Morgan fingerprint density at radius 2 is 1.77 bits per heavy atom. The topological polar surface area (TPSA) is 117 Å². The van der Waals surface area contributed by atoms with Crippen LogP contribution in [-0.2, 0) is 10.0 Å². The molecule has 0 saturated carbocycles. The molecule has 0 unspecified atom stereocenters. The minimum absolute atomic E-state index is 0.00638. The Morgan fingerprint density at radius 1 is 1.03 bits per heavy atom. The predicted octanol–water partition coefficient (Wildman–Crippen LogP) is 4.65. The minimum atomic E-state index is -3.93. The van der Waals surface area contributed by atoms with Gasteiger partial charge in [-0.25, -0.2) is 18.2 Å². The Bertz CT molecular complexity index is 1320. The standard InChI is InChI=1S/C20H14N2O5S3/c23-16-10-7-13(22-30(26,27)14-8-5-12(6-9-14)19(24)25)11-18(16)29-20-21-15-3-1-2-4-17(15)28-20/h1-11,22-23H,(H,24,25). The van der Waals surface area contributed by atoms with Crippen molar-refractivity contribution in [3.05, 3.63) is 72.3 Å². The third kappa shape index (κ3) is 4.25. The van der Waals surface area contributed by atoms with Crippen LogP contribution in [0, 0.1) is 0 Å². The van der Waals surface area contributed by atoms with E-state index >= 15 is 0 Å². The van der Waals surface area contributed by atoms with Crippen LogP contribution < -0.4 is 4.72 Å². The molecule has 0 radical (unpaired) electrons. The van der Waals surface area contributed by atoms with Crippen molar-refractivity contribution in [3.63, 3.8) is 0 Å². The van der Waals surface area contributed by atoms with E-state index in [-0.39, 0.29) is 21.9 Å². The molecule has 4 rings (SSSR count). The van der Waals surface area contributed by atoms with Crippen molar-refractivity contribution in [1.82, 2.24) is 4.98 Å². The number of hydrogen-bond acceptors (Lipinski definition) is 7. The molecule has 0 amide bonds. The number of benzene rings is 3. The van der Waals surface area contributed by atoms with Crippen molar-refractivity contribution in [2.45, 2.75) is 14.1 Å². The number of nitrogens with zero attached hydrogens (tertiary/aromatic N) is 1. The first-order chi connectivity index (χ1) is 14.3. The van der Waals surface area contributed by atoms with Crippen LogP contribution in [0.4, 0.5) is 5.69 Å². The second-order valence-corrected chi connectivity index (χ2v) is 10.2. The number of carbonyl (C=O) groups is 1. The molecule has 0 aliphatic rings. The molecule has 10 heteroatoms. The summed E-state index contributed by atoms with van der Waals surface area (Å²) in [4.78, 5) is 15.8. The zero-order valence-electron chi connectivity index (χ0n) is 15.1. The van der Waals surface area contributed by atoms with Gasteiger partial charge in [-0.05, 0) is 54.6 Å². The highest BCUT2D eigenvalue weighted by Crippen LogP contribution is 2.39. The summed E-state index contributed by atoms with van der Waals surface area (Å²) in [7, 11) is -3.93. The molecule has 0 aliphatic heterocycles. The van der Waals surface area contributed by atoms with Gasteiger partial charge in [-0.2, -0.15) is 0 Å². The highest BCUT2D eigenvalue weighted by atomic mass is 32.2. The number of carboxylic acid groups (broad SMARTS) is 1. The zero-order chi connectivity index (χ0) is 21.3. The molecule has 1 aromatic heterocycles. The number of sulfonamides is 1. The van der Waals surface area contributed by atoms with Crippen LogP contribution in [0.5, 0.6) is 5.75 Å². The van der Waals surface area contributed by atoms with Crippen molar-refractivity contribution in [2.24, 2.45) is 0 Å². The van der Waals surface area contributed by atoms with E-state index < -0.39 is 16.0 Å². The van der Waals surface area contributed by atoms with Crippen molar-refractivity contribution < 1.29 is 23.4 Å². The number of aromatic hydroxyl groups is 1. The number of anilines is 1. The number of rotatable bonds is 6. The van der Waals surface area contributed by atoms with Crippen LogP contribution in [0.3, 0.4) is 0 Å². The van der Waals surface area contributed by atoms with E-state index in [1.807, 2.05) is 24.3 Å². The van der Waals surface area contributed by atoms with Crippen LogP contribution in [-0.4, -0.2) is 29.6 Å². The Labute approximate surface area is 180 Å². The van der Waals surface area contributed by atoms with Crippen molar-refractivity contribution in [3.8, 4) is 5.75 Å². The number of phenols is 1. The Morgan fingerprint density at radius 3 is 2.47 bits per heavy atom. The molecule has 0 fully saturated rings. The molecule has 30 heavy (non-hydrogen) atoms. The lowest BCUT2D eigenvalue weighted by Gasteiger charge is -2.10. The van der Waals surface area contributed by atoms with E-state index in [0.717, 1.165) is 14.6 Å². The third-order valence-corrected chi connectivity index (χ3v) is 7.64.